The van der Waals surface area contributed by atoms with Crippen LogP contribution in [0.3, 0.4) is 0 Å². The van der Waals surface area contributed by atoms with Gasteiger partial charge in [0.05, 0.1) is 101 Å². The number of carboxylic acids is 1. The fraction of sp³-hybridized carbons (Fsp3) is 0.282. The molecule has 0 bridgehead atoms. The number of amides is 2. The molecule has 0 spiro atoms. The van der Waals surface area contributed by atoms with Gasteiger partial charge in [-0.2, -0.15) is 0 Å². The molecule has 0 unspecified atom stereocenters. The van der Waals surface area contributed by atoms with Crippen molar-refractivity contribution in [3.05, 3.63) is 392 Å². The number of aryl methyl sites for hydroxylation is 2. The highest BCUT2D eigenvalue weighted by Gasteiger charge is 2.45. The highest BCUT2D eigenvalue weighted by molar-refractivity contribution is 9.11. The van der Waals surface area contributed by atoms with Crippen molar-refractivity contribution in [3.63, 3.8) is 0 Å². The van der Waals surface area contributed by atoms with Crippen molar-refractivity contribution in [2.75, 3.05) is 56.9 Å². The van der Waals surface area contributed by atoms with Gasteiger partial charge in [0.25, 0.3) is 11.8 Å². The first-order valence-electron chi connectivity index (χ1n) is 44.1. The minimum atomic E-state index is -0.894. The summed E-state index contributed by atoms with van der Waals surface area (Å²) in [6.07, 6.45) is 0. The molecule has 28 heteroatoms. The number of carbonyl (C=O) groups is 7. The van der Waals surface area contributed by atoms with Crippen molar-refractivity contribution in [3.8, 4) is 23.0 Å². The Hall–Kier alpha value is -10.6. The van der Waals surface area contributed by atoms with Crippen LogP contribution in [0.4, 0.5) is 0 Å². The lowest BCUT2D eigenvalue weighted by Crippen LogP contribution is -2.38. The Bertz CT molecular complexity index is 6310. The van der Waals surface area contributed by atoms with Gasteiger partial charge < -0.3 is 58.1 Å². The molecule has 12 aromatic rings. The lowest BCUT2D eigenvalue weighted by atomic mass is 9.91. The number of nitrogens with one attached hydrogen (secondary N) is 1. The van der Waals surface area contributed by atoms with Gasteiger partial charge >= 0.3 is 29.8 Å². The molecule has 5 aliphatic rings. The zero-order valence-corrected chi connectivity index (χ0v) is 91.6. The number of carbonyl (C=O) groups excluding carboxylic acids is 6. The molecule has 5 aliphatic heterocycles. The highest BCUT2D eigenvalue weighted by Crippen LogP contribution is 2.46. The molecule has 0 radical (unpaired) electrons. The van der Waals surface area contributed by atoms with Gasteiger partial charge in [-0.15, -0.1) is 0 Å². The van der Waals surface area contributed by atoms with E-state index in [2.05, 4.69) is 246 Å². The monoisotopic (exact) mass is 2310 g/mol. The Morgan fingerprint density at radius 1 is 0.355 bits per heavy atom. The predicted molar refractivity (Wildman–Crippen MR) is 565 cm³/mol. The quantitative estimate of drug-likeness (QED) is 0.0461. The first kappa shape index (κ1) is 109. The number of hydrogen-bond acceptors (Lipinski definition) is 18. The number of carboxylic acid groups (broad SMARTS) is 1. The van der Waals surface area contributed by atoms with Crippen LogP contribution in [0.15, 0.2) is 269 Å². The first-order chi connectivity index (χ1) is 65.7. The number of rotatable bonds is 18. The van der Waals surface area contributed by atoms with Crippen LogP contribution in [0.2, 0.25) is 0 Å². The summed E-state index contributed by atoms with van der Waals surface area (Å²) in [6, 6.07) is 78.6. The van der Waals surface area contributed by atoms with Gasteiger partial charge in [0, 0.05) is 101 Å². The van der Waals surface area contributed by atoms with Crippen LogP contribution in [-0.4, -0.2) is 123 Å². The number of nitrogens with zero attached hydrogens (tertiary/aromatic N) is 4. The lowest BCUT2D eigenvalue weighted by molar-refractivity contribution is 0.0587. The van der Waals surface area contributed by atoms with Gasteiger partial charge in [-0.3, -0.25) is 19.4 Å². The van der Waals surface area contributed by atoms with Crippen molar-refractivity contribution < 1.29 is 76.6 Å². The summed E-state index contributed by atoms with van der Waals surface area (Å²) in [4.78, 5) is 90.7. The molecule has 2 N–H and O–H groups in total. The van der Waals surface area contributed by atoms with Crippen LogP contribution in [0.1, 0.15) is 211 Å². The summed E-state index contributed by atoms with van der Waals surface area (Å²) in [5.41, 5.74) is 20.8. The number of esters is 4. The predicted octanol–water partition coefficient (Wildman–Crippen LogP) is 26.3. The SMILES string of the molecule is COC(=O)c1c(Br)cccc1CBr.COC(=O)c1c(C)cccc1Br.COC(=O)c1cccc2c1CN(Cc1ccc(OC)cc1)C2(C)C.COC(=O)c1cccc2c1CNC2(C)C.COc1ccc(CN2C(=O)c3c(Br)cccc3C2(C)C)cc1.COc1ccc(CN2Cc3c(Br)cccc3C2(C)C)cc1.COc1ccc(CN2Cc3cccc(Br)c3C2=O)cc1.Cc1cccc(Br)c1C(=O)O. The number of aromatic carboxylic acids is 1. The molecule has 0 fully saturated rings. The fourth-order valence-corrected chi connectivity index (χ4v) is 20.8. The van der Waals surface area contributed by atoms with E-state index in [0.29, 0.717) is 57.3 Å². The van der Waals surface area contributed by atoms with Gasteiger partial charge in [-0.05, 0) is 329 Å². The maximum atomic E-state index is 12.8. The Labute approximate surface area is 867 Å². The van der Waals surface area contributed by atoms with Gasteiger partial charge in [-0.1, -0.05) is 177 Å². The standard InChI is InChI=1S/C20H23NO3.C18H18BrNO2.C18H20BrNO.C16H14BrNO2.C12H15NO2.C9H8Br2O2.C9H9BrO2.C8H7BrO2/c1-20(2)18-7-5-6-16(19(22)24-4)17(18)13-21(20)12-14-8-10-15(23-3)11-9-14;1-18(2)14-5-4-6-15(19)16(14)17(21)20(18)11-12-7-9-13(22-3)10-8-12;1-18(2)16-5-4-6-17(19)15(16)12-20(18)11-13-7-9-14(21-3)10-8-13;1-20-13-7-5-11(6-8-13)9-18-10-12-3-2-4-14(17)15(12)16(18)19;1-12(2)10-6-4-5-8(11(14)15-3)9(10)7-13-12;1-13-9(12)8-6(5-10)3-2-4-7(8)11;1-6-4-3-5-7(10)8(6)9(11)12-2;1-5-3-2-4-6(9)7(5)8(10)11/h5-11H,12-13H2,1-4H3;4-10H,11H2,1-3H3;4-10H,11-12H2,1-3H3;2-8H,9-10H2,1H3;4-6,13H,7H2,1-3H3;2-4H,5H2,1H3;3-5H,1-2H3;2-4H,1H3,(H,10,11). The maximum absolute atomic E-state index is 12.8. The van der Waals surface area contributed by atoms with E-state index in [-0.39, 0.29) is 57.8 Å². The summed E-state index contributed by atoms with van der Waals surface area (Å²) in [6.45, 7) is 27.1. The number of ether oxygens (including phenoxy) is 8. The Kier molecular flexibility index (Phi) is 39.2. The van der Waals surface area contributed by atoms with E-state index in [1.54, 1.807) is 47.5 Å². The second kappa shape index (κ2) is 49.5. The van der Waals surface area contributed by atoms with E-state index in [9.17, 15) is 33.6 Å². The molecule has 0 atom stereocenters. The average Bonchev–Trinajstić information content (AvgIpc) is 1.58. The largest absolute Gasteiger partial charge is 0.497 e. The van der Waals surface area contributed by atoms with E-state index >= 15 is 0 Å². The maximum Gasteiger partial charge on any atom is 0.339 e. The van der Waals surface area contributed by atoms with Gasteiger partial charge in [0.1, 0.15) is 23.0 Å². The number of fused-ring (bicyclic) bond motifs is 5. The molecule has 0 saturated carbocycles. The first-order valence-corrected chi connectivity index (χ1v) is 49.9. The van der Waals surface area contributed by atoms with Crippen molar-refractivity contribution in [1.29, 1.82) is 0 Å². The van der Waals surface area contributed by atoms with Crippen molar-refractivity contribution in [1.82, 2.24) is 24.9 Å². The van der Waals surface area contributed by atoms with Gasteiger partial charge in [0.2, 0.25) is 0 Å². The van der Waals surface area contributed by atoms with E-state index in [0.717, 1.165) is 135 Å². The molecule has 724 valence electrons. The topological polar surface area (TPSA) is 239 Å². The molecule has 17 rings (SSSR count). The molecule has 5 heterocycles. The molecule has 0 saturated heterocycles. The molecule has 0 aliphatic carbocycles. The van der Waals surface area contributed by atoms with Crippen molar-refractivity contribution >= 4 is 153 Å². The van der Waals surface area contributed by atoms with Crippen molar-refractivity contribution in [2.24, 2.45) is 0 Å². The average molecular weight is 2320 g/mol. The second-order valence-corrected chi connectivity index (χ2v) is 40.4. The Morgan fingerprint density at radius 2 is 0.717 bits per heavy atom. The highest BCUT2D eigenvalue weighted by atomic mass is 79.9. The lowest BCUT2D eigenvalue weighted by Gasteiger charge is -2.32. The van der Waals surface area contributed by atoms with Crippen LogP contribution < -0.4 is 24.3 Å². The molecule has 21 nitrogen and oxygen atoms in total. The zero-order valence-electron chi connectivity index (χ0n) is 80.5. The number of benzene rings is 12. The minimum absolute atomic E-state index is 0.0546. The third-order valence-corrected chi connectivity index (χ3v) is 29.5. The molecule has 138 heavy (non-hydrogen) atoms. The van der Waals surface area contributed by atoms with Crippen LogP contribution in [0, 0.1) is 13.8 Å². The molecular weight excluding hydrogens is 2210 g/mol. The fourth-order valence-electron chi connectivity index (χ4n) is 16.8. The number of hydrogen-bond donors (Lipinski definition) is 2. The number of methoxy groups -OCH3 is 8. The Balaban J connectivity index is 0.000000165. The van der Waals surface area contributed by atoms with E-state index in [4.69, 9.17) is 33.5 Å². The summed E-state index contributed by atoms with van der Waals surface area (Å²) in [5, 5.41) is 12.7. The molecule has 12 aromatic carbocycles. The second-order valence-electron chi connectivity index (χ2n) is 34.7. The number of halogens is 7. The molecule has 2 amide bonds. The summed E-state index contributed by atoms with van der Waals surface area (Å²) in [7, 11) is 12.3. The number of alkyl halides is 1. The summed E-state index contributed by atoms with van der Waals surface area (Å²) in [5.74, 6) is 1.53. The van der Waals surface area contributed by atoms with Gasteiger partial charge in [-0.25, -0.2) is 24.0 Å². The molecule has 0 aromatic heterocycles. The normalized spacial score (nSPS) is 14.2. The van der Waals surface area contributed by atoms with Crippen molar-refractivity contribution in [2.45, 2.75) is 149 Å². The minimum Gasteiger partial charge on any atom is -0.497 e. The third kappa shape index (κ3) is 26.3. The van der Waals surface area contributed by atoms with Crippen LogP contribution in [0.5, 0.6) is 23.0 Å². The third-order valence-electron chi connectivity index (χ3n) is 24.8. The van der Waals surface area contributed by atoms with E-state index in [1.165, 1.54) is 66.3 Å². The smallest absolute Gasteiger partial charge is 0.339 e. The Morgan fingerprint density at radius 3 is 1.14 bits per heavy atom. The van der Waals surface area contributed by atoms with Gasteiger partial charge in [0.15, 0.2) is 0 Å². The molecular formula is C110H114Br7N5O16. The van der Waals surface area contributed by atoms with Crippen LogP contribution in [-0.2, 0) is 98.8 Å². The van der Waals surface area contributed by atoms with E-state index < -0.39 is 5.97 Å². The summed E-state index contributed by atoms with van der Waals surface area (Å²) >= 11 is 23.7. The van der Waals surface area contributed by atoms with Crippen LogP contribution in [0.25, 0.3) is 0 Å². The summed E-state index contributed by atoms with van der Waals surface area (Å²) < 4.78 is 44.9. The zero-order chi connectivity index (χ0) is 101. The van der Waals surface area contributed by atoms with Crippen LogP contribution >= 0.6 is 112 Å². The van der Waals surface area contributed by atoms with E-state index in [1.807, 2.05) is 193 Å².